The maximum atomic E-state index is 14.7. The number of para-hydroxylation sites is 3. The molecule has 7 heterocycles. The number of sulfone groups is 3. The van der Waals surface area contributed by atoms with Crippen molar-refractivity contribution in [2.45, 2.75) is 89.0 Å². The molecular formula is C66H53BBrN6O9PS3. The Morgan fingerprint density at radius 1 is 0.414 bits per heavy atom. The van der Waals surface area contributed by atoms with Crippen LogP contribution in [0.25, 0.3) is 61.3 Å². The quantitative estimate of drug-likeness (QED) is 0.117. The number of fused-ring (bicyclic) bond motifs is 6. The van der Waals surface area contributed by atoms with Gasteiger partial charge in [0, 0.05) is 20.4 Å². The first-order chi connectivity index (χ1) is 41.4. The Morgan fingerprint density at radius 2 is 0.782 bits per heavy atom. The van der Waals surface area contributed by atoms with Crippen molar-refractivity contribution in [3.05, 3.63) is 216 Å². The van der Waals surface area contributed by atoms with Crippen molar-refractivity contribution in [3.63, 3.8) is 0 Å². The second-order valence-electron chi connectivity index (χ2n) is 22.8. The molecular weight excluding hydrogens is 1240 g/mol. The van der Waals surface area contributed by atoms with Gasteiger partial charge in [0.15, 0.2) is 7.14 Å². The third-order valence-electron chi connectivity index (χ3n) is 17.1. The molecule has 9 aromatic carbocycles. The molecule has 3 aromatic heterocycles. The zero-order valence-corrected chi connectivity index (χ0v) is 52.9. The number of aryl methyl sites for hydroxylation is 3. The van der Waals surface area contributed by atoms with Gasteiger partial charge in [-0.05, 0) is 144 Å². The maximum Gasteiger partial charge on any atom is 0.494 e. The summed E-state index contributed by atoms with van der Waals surface area (Å²) >= 11 is 3.34. The molecule has 0 radical (unpaired) electrons. The molecule has 434 valence electrons. The minimum absolute atomic E-state index is 0.251. The predicted molar refractivity (Wildman–Crippen MR) is 342 cm³/mol. The van der Waals surface area contributed by atoms with E-state index in [0.717, 1.165) is 49.0 Å². The number of halogens is 1. The van der Waals surface area contributed by atoms with E-state index in [1.807, 2.05) is 196 Å². The van der Waals surface area contributed by atoms with E-state index in [4.69, 9.17) is 9.31 Å². The highest BCUT2D eigenvalue weighted by molar-refractivity contribution is 9.10. The van der Waals surface area contributed by atoms with Crippen molar-refractivity contribution in [1.82, 2.24) is 28.7 Å². The number of benzene rings is 9. The number of imidazole rings is 3. The summed E-state index contributed by atoms with van der Waals surface area (Å²) in [6, 6.07) is 58.5. The molecule has 0 spiro atoms. The SMILES string of the molecule is Cc1nc2cccc3c2n1-c1ccc(-c2ccc(P(=O)(c4ccccc4)c4ccccc4)cc2)cc1S3(=O)=O.Cc1nc2cccc3c2n1-c1ccc(B2OC(C)(C)C(C)(C)O2)cc1S3(=O)=O.Cc1nc2cccc3c2n1-c1ccc(Br)cc1S3(=O)=O. The van der Waals surface area contributed by atoms with Crippen LogP contribution in [-0.4, -0.2) is 72.2 Å². The molecule has 0 bridgehead atoms. The van der Waals surface area contributed by atoms with Gasteiger partial charge >= 0.3 is 7.12 Å². The largest absolute Gasteiger partial charge is 0.494 e. The number of hydrogen-bond donors (Lipinski definition) is 0. The van der Waals surface area contributed by atoms with Crippen LogP contribution in [0.1, 0.15) is 45.2 Å². The Morgan fingerprint density at radius 3 is 1.22 bits per heavy atom. The Balaban J connectivity index is 0.000000122. The Labute approximate surface area is 511 Å². The van der Waals surface area contributed by atoms with Gasteiger partial charge in [-0.1, -0.05) is 131 Å². The van der Waals surface area contributed by atoms with E-state index in [9.17, 15) is 29.8 Å². The van der Waals surface area contributed by atoms with Crippen LogP contribution in [0.2, 0.25) is 0 Å². The van der Waals surface area contributed by atoms with Crippen molar-refractivity contribution >= 4 is 114 Å². The lowest BCUT2D eigenvalue weighted by atomic mass is 9.79. The minimum Gasteiger partial charge on any atom is -0.399 e. The first-order valence-electron chi connectivity index (χ1n) is 27.9. The van der Waals surface area contributed by atoms with Gasteiger partial charge in [0.25, 0.3) is 0 Å². The average molecular weight is 1290 g/mol. The topological polar surface area (TPSA) is 191 Å². The lowest BCUT2D eigenvalue weighted by Gasteiger charge is -2.32. The maximum absolute atomic E-state index is 14.7. The molecule has 16 rings (SSSR count). The number of nitrogens with zero attached hydrogens (tertiary/aromatic N) is 6. The zero-order valence-electron chi connectivity index (χ0n) is 48.0. The lowest BCUT2D eigenvalue weighted by molar-refractivity contribution is 0.00578. The summed E-state index contributed by atoms with van der Waals surface area (Å²) in [4.78, 5) is 15.3. The molecule has 0 atom stereocenters. The summed E-state index contributed by atoms with van der Waals surface area (Å²) in [5.41, 5.74) is 7.16. The Hall–Kier alpha value is -8.07. The highest BCUT2D eigenvalue weighted by Crippen LogP contribution is 2.46. The molecule has 0 unspecified atom stereocenters. The molecule has 21 heteroatoms. The van der Waals surface area contributed by atoms with Crippen LogP contribution in [0.5, 0.6) is 0 Å². The fourth-order valence-corrected chi connectivity index (χ4v) is 20.3. The van der Waals surface area contributed by atoms with E-state index in [1.165, 1.54) is 0 Å². The first kappa shape index (κ1) is 56.7. The summed E-state index contributed by atoms with van der Waals surface area (Å²) in [5.74, 6) is 2.27. The van der Waals surface area contributed by atoms with Gasteiger partial charge in [0.2, 0.25) is 29.5 Å². The molecule has 4 aliphatic rings. The van der Waals surface area contributed by atoms with E-state index in [2.05, 4.69) is 30.9 Å². The molecule has 0 aliphatic carbocycles. The Bertz CT molecular complexity index is 5270. The van der Waals surface area contributed by atoms with Gasteiger partial charge in [0.05, 0.1) is 90.7 Å². The third-order valence-corrected chi connectivity index (χ3v) is 26.1. The number of rotatable bonds is 5. The van der Waals surface area contributed by atoms with Crippen LogP contribution in [0, 0.1) is 20.8 Å². The molecule has 0 N–H and O–H groups in total. The third kappa shape index (κ3) is 8.65. The Kier molecular flexibility index (Phi) is 13.0. The van der Waals surface area contributed by atoms with Crippen LogP contribution >= 0.6 is 23.1 Å². The molecule has 1 fully saturated rings. The highest BCUT2D eigenvalue weighted by Gasteiger charge is 2.52. The van der Waals surface area contributed by atoms with Crippen molar-refractivity contribution in [1.29, 1.82) is 0 Å². The van der Waals surface area contributed by atoms with Gasteiger partial charge in [-0.15, -0.1) is 0 Å². The van der Waals surface area contributed by atoms with E-state index < -0.39 is 55.0 Å². The van der Waals surface area contributed by atoms with Crippen LogP contribution in [-0.2, 0) is 43.4 Å². The van der Waals surface area contributed by atoms with Crippen molar-refractivity contribution in [2.24, 2.45) is 0 Å². The van der Waals surface area contributed by atoms with E-state index in [0.29, 0.717) is 65.4 Å². The first-order valence-corrected chi connectivity index (χ1v) is 34.8. The van der Waals surface area contributed by atoms with Gasteiger partial charge in [-0.3, -0.25) is 13.7 Å². The summed E-state index contributed by atoms with van der Waals surface area (Å²) in [7, 11) is -14.6. The van der Waals surface area contributed by atoms with E-state index in [-0.39, 0.29) is 19.6 Å². The molecule has 0 saturated carbocycles. The number of aromatic nitrogens is 6. The van der Waals surface area contributed by atoms with Crippen molar-refractivity contribution < 1.29 is 39.1 Å². The fourth-order valence-electron chi connectivity index (χ4n) is 12.2. The smallest absolute Gasteiger partial charge is 0.399 e. The van der Waals surface area contributed by atoms with Crippen LogP contribution in [0.3, 0.4) is 0 Å². The van der Waals surface area contributed by atoms with Crippen molar-refractivity contribution in [3.8, 4) is 28.2 Å². The molecule has 1 saturated heterocycles. The summed E-state index contributed by atoms with van der Waals surface area (Å²) in [5, 5.41) is 2.26. The lowest BCUT2D eigenvalue weighted by Crippen LogP contribution is -2.41. The van der Waals surface area contributed by atoms with Crippen LogP contribution in [0.4, 0.5) is 0 Å². The van der Waals surface area contributed by atoms with Crippen molar-refractivity contribution in [2.75, 3.05) is 0 Å². The van der Waals surface area contributed by atoms with E-state index in [1.54, 1.807) is 60.7 Å². The molecule has 4 aliphatic heterocycles. The molecule has 0 amide bonds. The summed E-state index contributed by atoms with van der Waals surface area (Å²) in [6.07, 6.45) is 0. The molecule has 12 aromatic rings. The van der Waals surface area contributed by atoms with Gasteiger partial charge in [0.1, 0.15) is 17.5 Å². The zero-order chi connectivity index (χ0) is 60.9. The highest BCUT2D eigenvalue weighted by atomic mass is 79.9. The normalized spacial score (nSPS) is 16.5. The standard InChI is InChI=1S/C32H23N2O3PS.C20H21BN2O4S.C14H9BrN2O2S/c1-22-33-28-13-8-14-30-32(28)34(22)29-20-17-24(21-31(29)39(30,36)37)23-15-18-27(19-16-23)38(35,25-9-4-2-5-10-25)26-11-6-3-7-12-26;1-12-22-14-7-6-8-16-18(14)23(12)15-10-9-13(11-17(15)28(16,24)25)21-26-19(2,3)20(4,5)27-21;1-8-16-10-3-2-4-12-14(10)17(8)11-6-5-9(15)7-13(11)20(12,18)19/h2-21H,1H3;6-11H,1-5H3;2-7H,1H3. The molecule has 87 heavy (non-hydrogen) atoms. The fraction of sp³-hybridized carbons (Fsp3) is 0.136. The summed E-state index contributed by atoms with van der Waals surface area (Å²) in [6.45, 7) is 13.6. The van der Waals surface area contributed by atoms with Gasteiger partial charge in [-0.2, -0.15) is 0 Å². The average Bonchev–Trinajstić information content (AvgIpc) is 1.71. The second-order valence-corrected chi connectivity index (χ2v) is 32.1. The molecule has 15 nitrogen and oxygen atoms in total. The van der Waals surface area contributed by atoms with Gasteiger partial charge < -0.3 is 13.9 Å². The number of hydrogen-bond acceptors (Lipinski definition) is 12. The van der Waals surface area contributed by atoms with E-state index >= 15 is 0 Å². The predicted octanol–water partition coefficient (Wildman–Crippen LogP) is 11.8. The monoisotopic (exact) mass is 1290 g/mol. The second kappa shape index (κ2) is 20.0. The summed E-state index contributed by atoms with van der Waals surface area (Å²) < 4.78 is 113. The minimum atomic E-state index is -3.73. The van der Waals surface area contributed by atoms with Crippen LogP contribution in [0.15, 0.2) is 228 Å². The van der Waals surface area contributed by atoms with Crippen LogP contribution < -0.4 is 21.4 Å². The van der Waals surface area contributed by atoms with Gasteiger partial charge in [-0.25, -0.2) is 40.2 Å².